The van der Waals surface area contributed by atoms with Gasteiger partial charge in [0, 0.05) is 40.3 Å². The Balaban J connectivity index is 1.46. The maximum absolute atomic E-state index is 12.8. The third-order valence-electron chi connectivity index (χ3n) is 5.40. The Labute approximate surface area is 189 Å². The fourth-order valence-electron chi connectivity index (χ4n) is 3.88. The number of nitrogens with zero attached hydrogens (tertiary/aromatic N) is 2. The Kier molecular flexibility index (Phi) is 6.12. The molecule has 0 amide bonds. The van der Waals surface area contributed by atoms with Gasteiger partial charge < -0.3 is 18.8 Å². The first-order valence-electron chi connectivity index (χ1n) is 10.3. The number of fused-ring (bicyclic) bond motifs is 1. The van der Waals surface area contributed by atoms with Crippen molar-refractivity contribution in [3.8, 4) is 17.2 Å². The number of esters is 1. The van der Waals surface area contributed by atoms with E-state index in [2.05, 4.69) is 0 Å². The van der Waals surface area contributed by atoms with Crippen molar-refractivity contribution in [2.24, 2.45) is 0 Å². The molecule has 0 unspecified atom stereocenters. The fraction of sp³-hybridized carbons (Fsp3) is 0.250. The van der Waals surface area contributed by atoms with Crippen LogP contribution in [0.3, 0.4) is 0 Å². The van der Waals surface area contributed by atoms with Crippen LogP contribution in [0.25, 0.3) is 5.69 Å². The molecule has 0 radical (unpaired) electrons. The summed E-state index contributed by atoms with van der Waals surface area (Å²) in [6.45, 7) is 4.21. The number of ether oxygens (including phenoxy) is 3. The van der Waals surface area contributed by atoms with Gasteiger partial charge in [-0.3, -0.25) is 19.7 Å². The highest BCUT2D eigenvalue weighted by molar-refractivity contribution is 5.99. The number of carbonyl (C=O) groups is 2. The van der Waals surface area contributed by atoms with E-state index in [-0.39, 0.29) is 23.5 Å². The van der Waals surface area contributed by atoms with E-state index < -0.39 is 17.5 Å². The molecule has 0 aliphatic carbocycles. The van der Waals surface area contributed by atoms with Crippen LogP contribution in [0.4, 0.5) is 5.69 Å². The van der Waals surface area contributed by atoms with E-state index in [9.17, 15) is 19.7 Å². The molecular formula is C24H22N2O7. The molecule has 1 aliphatic heterocycles. The summed E-state index contributed by atoms with van der Waals surface area (Å²) in [5.74, 6) is 0.249. The lowest BCUT2D eigenvalue weighted by atomic mass is 10.1. The Morgan fingerprint density at radius 3 is 2.55 bits per heavy atom. The zero-order chi connectivity index (χ0) is 23.5. The molecule has 0 spiro atoms. The SMILES string of the molecule is Cc1cc(C(=O)COC(=O)Cc2ccccc2[N+](=O)[O-])c(C)n1-c1ccc2c(c1)OCCO2. The van der Waals surface area contributed by atoms with Crippen LogP contribution < -0.4 is 9.47 Å². The highest BCUT2D eigenvalue weighted by Gasteiger charge is 2.21. The highest BCUT2D eigenvalue weighted by atomic mass is 16.6. The number of hydrogen-bond donors (Lipinski definition) is 0. The fourth-order valence-corrected chi connectivity index (χ4v) is 3.88. The van der Waals surface area contributed by atoms with Crippen molar-refractivity contribution < 1.29 is 28.7 Å². The number of Topliss-reactive ketones (excluding diaryl/α,β-unsaturated/α-hetero) is 1. The van der Waals surface area contributed by atoms with Crippen molar-refractivity contribution in [2.45, 2.75) is 20.3 Å². The number of para-hydroxylation sites is 1. The molecular weight excluding hydrogens is 428 g/mol. The summed E-state index contributed by atoms with van der Waals surface area (Å²) in [7, 11) is 0. The Morgan fingerprint density at radius 2 is 1.79 bits per heavy atom. The second-order valence-corrected chi connectivity index (χ2v) is 7.59. The summed E-state index contributed by atoms with van der Waals surface area (Å²) in [4.78, 5) is 35.5. The van der Waals surface area contributed by atoms with Gasteiger partial charge in [0.2, 0.25) is 5.78 Å². The first-order chi connectivity index (χ1) is 15.8. The zero-order valence-corrected chi connectivity index (χ0v) is 18.2. The van der Waals surface area contributed by atoms with Gasteiger partial charge >= 0.3 is 5.97 Å². The number of benzene rings is 2. The summed E-state index contributed by atoms with van der Waals surface area (Å²) in [6.07, 6.45) is -0.291. The van der Waals surface area contributed by atoms with Gasteiger partial charge in [-0.2, -0.15) is 0 Å². The molecule has 0 atom stereocenters. The van der Waals surface area contributed by atoms with E-state index in [0.717, 1.165) is 11.4 Å². The van der Waals surface area contributed by atoms with Crippen LogP contribution in [-0.2, 0) is 16.0 Å². The van der Waals surface area contributed by atoms with Crippen molar-refractivity contribution in [2.75, 3.05) is 19.8 Å². The van der Waals surface area contributed by atoms with E-state index in [1.807, 2.05) is 36.6 Å². The quantitative estimate of drug-likeness (QED) is 0.233. The van der Waals surface area contributed by atoms with Crippen LogP contribution in [0, 0.1) is 24.0 Å². The standard InChI is InChI=1S/C24H22N2O7/c1-15-11-19(16(2)25(15)18-7-8-22-23(13-18)32-10-9-31-22)21(27)14-33-24(28)12-17-5-3-4-6-20(17)26(29)30/h3-8,11,13H,9-10,12,14H2,1-2H3. The minimum atomic E-state index is -0.710. The van der Waals surface area contributed by atoms with Gasteiger partial charge in [-0.05, 0) is 32.0 Å². The molecule has 0 bridgehead atoms. The van der Waals surface area contributed by atoms with Gasteiger partial charge in [-0.1, -0.05) is 18.2 Å². The van der Waals surface area contributed by atoms with Gasteiger partial charge in [0.05, 0.1) is 11.3 Å². The van der Waals surface area contributed by atoms with E-state index in [0.29, 0.717) is 36.0 Å². The number of nitro benzene ring substituents is 1. The Hall–Kier alpha value is -4.14. The summed E-state index contributed by atoms with van der Waals surface area (Å²) in [6, 6.07) is 13.2. The predicted molar refractivity (Wildman–Crippen MR) is 118 cm³/mol. The third kappa shape index (κ3) is 4.57. The summed E-state index contributed by atoms with van der Waals surface area (Å²) >= 11 is 0. The normalized spacial score (nSPS) is 12.3. The molecule has 9 heteroatoms. The van der Waals surface area contributed by atoms with Crippen LogP contribution in [-0.4, -0.2) is 41.1 Å². The molecule has 170 valence electrons. The lowest BCUT2D eigenvalue weighted by Crippen LogP contribution is -2.17. The molecule has 9 nitrogen and oxygen atoms in total. The van der Waals surface area contributed by atoms with Gasteiger partial charge in [-0.15, -0.1) is 0 Å². The largest absolute Gasteiger partial charge is 0.486 e. The Morgan fingerprint density at radius 1 is 1.06 bits per heavy atom. The minimum absolute atomic E-state index is 0.163. The van der Waals surface area contributed by atoms with Gasteiger partial charge in [0.1, 0.15) is 13.2 Å². The Bertz CT molecular complexity index is 1250. The van der Waals surface area contributed by atoms with E-state index in [1.54, 1.807) is 12.1 Å². The smallest absolute Gasteiger partial charge is 0.310 e. The average molecular weight is 450 g/mol. The van der Waals surface area contributed by atoms with Crippen molar-refractivity contribution in [3.63, 3.8) is 0 Å². The molecule has 0 saturated heterocycles. The first kappa shape index (κ1) is 22.1. The number of rotatable bonds is 7. The van der Waals surface area contributed by atoms with Crippen molar-refractivity contribution in [3.05, 3.63) is 81.2 Å². The topological polar surface area (TPSA) is 110 Å². The van der Waals surface area contributed by atoms with Crippen LogP contribution in [0.15, 0.2) is 48.5 Å². The highest BCUT2D eigenvalue weighted by Crippen LogP contribution is 2.33. The molecule has 33 heavy (non-hydrogen) atoms. The molecule has 3 aromatic rings. The number of aromatic nitrogens is 1. The summed E-state index contributed by atoms with van der Waals surface area (Å²) < 4.78 is 18.3. The number of ketones is 1. The number of carbonyl (C=O) groups excluding carboxylic acids is 2. The van der Waals surface area contributed by atoms with E-state index in [4.69, 9.17) is 14.2 Å². The van der Waals surface area contributed by atoms with Crippen molar-refractivity contribution in [1.29, 1.82) is 0 Å². The van der Waals surface area contributed by atoms with Crippen molar-refractivity contribution in [1.82, 2.24) is 4.57 Å². The number of hydrogen-bond acceptors (Lipinski definition) is 7. The second kappa shape index (κ2) is 9.15. The summed E-state index contributed by atoms with van der Waals surface area (Å²) in [5.41, 5.74) is 2.85. The monoisotopic (exact) mass is 450 g/mol. The average Bonchev–Trinajstić information content (AvgIpc) is 3.11. The lowest BCUT2D eigenvalue weighted by Gasteiger charge is -2.20. The first-order valence-corrected chi connectivity index (χ1v) is 10.3. The maximum atomic E-state index is 12.8. The molecule has 0 saturated carbocycles. The molecule has 2 heterocycles. The minimum Gasteiger partial charge on any atom is -0.486 e. The zero-order valence-electron chi connectivity index (χ0n) is 18.2. The van der Waals surface area contributed by atoms with Crippen molar-refractivity contribution >= 4 is 17.4 Å². The lowest BCUT2D eigenvalue weighted by molar-refractivity contribution is -0.385. The van der Waals surface area contributed by atoms with Crippen LogP contribution >= 0.6 is 0 Å². The molecule has 1 aromatic heterocycles. The van der Waals surface area contributed by atoms with E-state index in [1.165, 1.54) is 18.2 Å². The number of nitro groups is 1. The van der Waals surface area contributed by atoms with Gasteiger partial charge in [0.25, 0.3) is 5.69 Å². The summed E-state index contributed by atoms with van der Waals surface area (Å²) in [5, 5.41) is 11.1. The third-order valence-corrected chi connectivity index (χ3v) is 5.40. The van der Waals surface area contributed by atoms with Crippen LogP contribution in [0.5, 0.6) is 11.5 Å². The van der Waals surface area contributed by atoms with Gasteiger partial charge in [0.15, 0.2) is 18.1 Å². The van der Waals surface area contributed by atoms with Crippen LogP contribution in [0.2, 0.25) is 0 Å². The predicted octanol–water partition coefficient (Wildman–Crippen LogP) is 3.74. The molecule has 1 aliphatic rings. The van der Waals surface area contributed by atoms with Gasteiger partial charge in [-0.25, -0.2) is 0 Å². The maximum Gasteiger partial charge on any atom is 0.310 e. The van der Waals surface area contributed by atoms with Crippen LogP contribution in [0.1, 0.15) is 27.3 Å². The molecule has 2 aromatic carbocycles. The molecule has 0 N–H and O–H groups in total. The number of aryl methyl sites for hydroxylation is 1. The second-order valence-electron chi connectivity index (χ2n) is 7.59. The van der Waals surface area contributed by atoms with E-state index >= 15 is 0 Å². The molecule has 4 rings (SSSR count). The molecule has 0 fully saturated rings.